The van der Waals surface area contributed by atoms with E-state index in [1.807, 2.05) is 0 Å². The van der Waals surface area contributed by atoms with Gasteiger partial charge in [0.05, 0.1) is 11.1 Å². The molecule has 0 nitrogen and oxygen atoms in total. The summed E-state index contributed by atoms with van der Waals surface area (Å²) in [4.78, 5) is 0. The molecule has 2 fully saturated rings. The molecule has 0 unspecified atom stereocenters. The number of rotatable bonds is 3. The van der Waals surface area contributed by atoms with E-state index in [2.05, 4.69) is 0 Å². The maximum atomic E-state index is 13.3. The second kappa shape index (κ2) is 8.31. The fraction of sp³-hybridized carbons (Fsp3) is 0.700. The highest BCUT2D eigenvalue weighted by molar-refractivity contribution is 7.67. The zero-order chi connectivity index (χ0) is 19.7. The van der Waals surface area contributed by atoms with Gasteiger partial charge in [0.1, 0.15) is 0 Å². The Labute approximate surface area is 157 Å². The van der Waals surface area contributed by atoms with Crippen molar-refractivity contribution in [2.75, 3.05) is 0 Å². The Kier molecular flexibility index (Phi) is 6.45. The predicted molar refractivity (Wildman–Crippen MR) is 96.7 cm³/mol. The van der Waals surface area contributed by atoms with E-state index in [9.17, 15) is 26.3 Å². The van der Waals surface area contributed by atoms with Crippen molar-refractivity contribution in [3.63, 3.8) is 0 Å². The van der Waals surface area contributed by atoms with Gasteiger partial charge in [0.15, 0.2) is 0 Å². The number of halogens is 6. The molecular weight excluding hydrogens is 385 g/mol. The normalized spacial score (nSPS) is 21.0. The molecule has 0 radical (unpaired) electrons. The minimum absolute atomic E-state index is 0.251. The molecule has 152 valence electrons. The molecule has 0 heterocycles. The Morgan fingerprint density at radius 1 is 0.593 bits per heavy atom. The van der Waals surface area contributed by atoms with E-state index < -0.39 is 31.4 Å². The molecule has 0 atom stereocenters. The van der Waals surface area contributed by atoms with E-state index in [0.29, 0.717) is 5.30 Å². The SMILES string of the molecule is FC(F)(F)c1cc(P(C2CCCCC2)C2CCCCC2)cc(C(F)(F)F)c1. The van der Waals surface area contributed by atoms with Crippen LogP contribution in [0.4, 0.5) is 26.3 Å². The van der Waals surface area contributed by atoms with Gasteiger partial charge < -0.3 is 0 Å². The molecule has 2 aliphatic carbocycles. The Morgan fingerprint density at radius 3 is 1.30 bits per heavy atom. The molecule has 0 spiro atoms. The maximum Gasteiger partial charge on any atom is 0.416 e. The summed E-state index contributed by atoms with van der Waals surface area (Å²) < 4.78 is 79.9. The molecule has 27 heavy (non-hydrogen) atoms. The lowest BCUT2D eigenvalue weighted by molar-refractivity contribution is -0.142. The zero-order valence-corrected chi connectivity index (χ0v) is 16.1. The second-order valence-corrected chi connectivity index (χ2v) is 10.5. The fourth-order valence-corrected chi connectivity index (χ4v) is 8.38. The molecule has 1 aromatic carbocycles. The second-order valence-electron chi connectivity index (χ2n) is 7.76. The predicted octanol–water partition coefficient (Wildman–Crippen LogP) is 7.50. The molecule has 1 aromatic rings. The van der Waals surface area contributed by atoms with Gasteiger partial charge in [-0.15, -0.1) is 0 Å². The minimum Gasteiger partial charge on any atom is -0.166 e. The number of alkyl halides is 6. The first kappa shape index (κ1) is 21.0. The van der Waals surface area contributed by atoms with Gasteiger partial charge in [0.25, 0.3) is 0 Å². The van der Waals surface area contributed by atoms with E-state index in [1.54, 1.807) is 0 Å². The Hall–Kier alpha value is -0.770. The number of benzene rings is 1. The summed E-state index contributed by atoms with van der Waals surface area (Å²) in [5, 5.41) is 0.311. The molecule has 7 heteroatoms. The van der Waals surface area contributed by atoms with Gasteiger partial charge in [-0.1, -0.05) is 46.4 Å². The van der Waals surface area contributed by atoms with Gasteiger partial charge >= 0.3 is 12.4 Å². The van der Waals surface area contributed by atoms with E-state index in [0.717, 1.165) is 76.3 Å². The molecule has 0 aromatic heterocycles. The molecule has 2 saturated carbocycles. The van der Waals surface area contributed by atoms with Crippen LogP contribution in [0, 0.1) is 0 Å². The van der Waals surface area contributed by atoms with Gasteiger partial charge in [-0.05, 0) is 60.5 Å². The van der Waals surface area contributed by atoms with Gasteiger partial charge in [0, 0.05) is 0 Å². The van der Waals surface area contributed by atoms with Crippen molar-refractivity contribution in [1.29, 1.82) is 0 Å². The summed E-state index contributed by atoms with van der Waals surface area (Å²) in [6.07, 6.45) is 0.526. The summed E-state index contributed by atoms with van der Waals surface area (Å²) in [5.74, 6) is 0. The molecule has 3 rings (SSSR count). The molecule has 0 aliphatic heterocycles. The van der Waals surface area contributed by atoms with Crippen LogP contribution in [0.5, 0.6) is 0 Å². The van der Waals surface area contributed by atoms with Crippen LogP contribution in [0.2, 0.25) is 0 Å². The summed E-state index contributed by atoms with van der Waals surface area (Å²) in [6.45, 7) is 0. The summed E-state index contributed by atoms with van der Waals surface area (Å²) in [6, 6.07) is 2.30. The largest absolute Gasteiger partial charge is 0.416 e. The van der Waals surface area contributed by atoms with Crippen LogP contribution in [0.3, 0.4) is 0 Å². The average Bonchev–Trinajstić information content (AvgIpc) is 2.62. The van der Waals surface area contributed by atoms with Crippen LogP contribution >= 0.6 is 7.92 Å². The Bertz CT molecular complexity index is 574. The van der Waals surface area contributed by atoms with Crippen LogP contribution in [-0.2, 0) is 12.4 Å². The topological polar surface area (TPSA) is 0 Å². The van der Waals surface area contributed by atoms with Crippen molar-refractivity contribution in [1.82, 2.24) is 0 Å². The highest BCUT2D eigenvalue weighted by Gasteiger charge is 2.39. The zero-order valence-electron chi connectivity index (χ0n) is 15.2. The first-order valence-corrected chi connectivity index (χ1v) is 11.2. The van der Waals surface area contributed by atoms with Crippen LogP contribution in [0.1, 0.15) is 75.3 Å². The van der Waals surface area contributed by atoms with Gasteiger partial charge in [-0.2, -0.15) is 26.3 Å². The standard InChI is InChI=1S/C20H25F6P/c21-19(22,23)14-11-15(20(24,25)26)13-18(12-14)27(16-7-3-1-4-8-16)17-9-5-2-6-10-17/h11-13,16-17H,1-10H2. The van der Waals surface area contributed by atoms with Gasteiger partial charge in [-0.3, -0.25) is 0 Å². The molecule has 0 N–H and O–H groups in total. The smallest absolute Gasteiger partial charge is 0.166 e. The molecule has 0 amide bonds. The maximum absolute atomic E-state index is 13.3. The quantitative estimate of drug-likeness (QED) is 0.358. The van der Waals surface area contributed by atoms with E-state index in [4.69, 9.17) is 0 Å². The number of hydrogen-bond acceptors (Lipinski definition) is 0. The third kappa shape index (κ3) is 5.19. The van der Waals surface area contributed by atoms with Gasteiger partial charge in [-0.25, -0.2) is 0 Å². The minimum atomic E-state index is -4.77. The number of hydrogen-bond donors (Lipinski definition) is 0. The third-order valence-electron chi connectivity index (χ3n) is 5.81. The van der Waals surface area contributed by atoms with E-state index in [-0.39, 0.29) is 17.4 Å². The highest BCUT2D eigenvalue weighted by Crippen LogP contribution is 2.55. The molecule has 0 bridgehead atoms. The van der Waals surface area contributed by atoms with Crippen molar-refractivity contribution < 1.29 is 26.3 Å². The van der Waals surface area contributed by atoms with Crippen molar-refractivity contribution in [2.45, 2.75) is 87.9 Å². The van der Waals surface area contributed by atoms with Crippen molar-refractivity contribution in [3.05, 3.63) is 29.3 Å². The Balaban J connectivity index is 2.06. The molecular formula is C20H25F6P. The summed E-state index contributed by atoms with van der Waals surface area (Å²) in [5.41, 5.74) is -1.82. The highest BCUT2D eigenvalue weighted by atomic mass is 31.1. The lowest BCUT2D eigenvalue weighted by Crippen LogP contribution is -2.28. The van der Waals surface area contributed by atoms with Crippen LogP contribution in [0.25, 0.3) is 0 Å². The Morgan fingerprint density at radius 2 is 0.963 bits per heavy atom. The molecule has 0 saturated heterocycles. The first-order valence-electron chi connectivity index (χ1n) is 9.74. The fourth-order valence-electron chi connectivity index (χ4n) is 4.53. The summed E-state index contributed by atoms with van der Waals surface area (Å²) >= 11 is 0. The van der Waals surface area contributed by atoms with Crippen LogP contribution in [0.15, 0.2) is 18.2 Å². The average molecular weight is 410 g/mol. The van der Waals surface area contributed by atoms with Crippen LogP contribution < -0.4 is 5.30 Å². The third-order valence-corrected chi connectivity index (χ3v) is 9.27. The van der Waals surface area contributed by atoms with E-state index in [1.165, 1.54) is 0 Å². The lowest BCUT2D eigenvalue weighted by Gasteiger charge is -2.39. The van der Waals surface area contributed by atoms with Crippen molar-refractivity contribution in [2.24, 2.45) is 0 Å². The first-order chi connectivity index (χ1) is 12.7. The molecule has 2 aliphatic rings. The van der Waals surface area contributed by atoms with Crippen molar-refractivity contribution >= 4 is 13.2 Å². The van der Waals surface area contributed by atoms with Gasteiger partial charge in [0.2, 0.25) is 0 Å². The monoisotopic (exact) mass is 410 g/mol. The summed E-state index contributed by atoms with van der Waals surface area (Å²) in [7, 11) is -1.02. The van der Waals surface area contributed by atoms with Crippen molar-refractivity contribution in [3.8, 4) is 0 Å². The van der Waals surface area contributed by atoms with Crippen LogP contribution in [-0.4, -0.2) is 11.3 Å². The van der Waals surface area contributed by atoms with E-state index >= 15 is 0 Å². The lowest BCUT2D eigenvalue weighted by atomic mass is 9.99.